The molecule has 0 aliphatic carbocycles. The monoisotopic (exact) mass is 362 g/mol. The molecule has 1 N–H and O–H groups in total. The number of aliphatic hydroxyl groups is 1. The van der Waals surface area contributed by atoms with E-state index < -0.39 is 22.0 Å². The lowest BCUT2D eigenvalue weighted by Crippen LogP contribution is -2.33. The van der Waals surface area contributed by atoms with Crippen LogP contribution in [0, 0.1) is 5.92 Å². The van der Waals surface area contributed by atoms with E-state index in [1.54, 1.807) is 11.0 Å². The molecule has 1 heterocycles. The van der Waals surface area contributed by atoms with Gasteiger partial charge in [-0.3, -0.25) is 4.79 Å². The lowest BCUT2D eigenvalue weighted by atomic mass is 10.0. The van der Waals surface area contributed by atoms with E-state index in [1.807, 2.05) is 36.4 Å². The molecule has 134 valence electrons. The standard InChI is InChI=1S/C18H22N2O4S/c1-19(2)25(23,24)12-14-10-20(11-17(14)21)18(22)16-9-5-7-13-6-3-4-8-15(13)16/h3-9,14,17,21H,10-12H2,1-2H3/t14-,17+/m0/s1. The van der Waals surface area contributed by atoms with E-state index in [-0.39, 0.29) is 24.7 Å². The number of carbonyl (C=O) groups excluding carboxylic acids is 1. The van der Waals surface area contributed by atoms with Crippen LogP contribution in [0.15, 0.2) is 42.5 Å². The highest BCUT2D eigenvalue weighted by atomic mass is 32.2. The van der Waals surface area contributed by atoms with Gasteiger partial charge in [0.15, 0.2) is 0 Å². The van der Waals surface area contributed by atoms with E-state index in [2.05, 4.69) is 0 Å². The molecule has 1 saturated heterocycles. The normalized spacial score (nSPS) is 21.2. The summed E-state index contributed by atoms with van der Waals surface area (Å²) in [5, 5.41) is 12.1. The smallest absolute Gasteiger partial charge is 0.254 e. The van der Waals surface area contributed by atoms with Gasteiger partial charge >= 0.3 is 0 Å². The molecule has 1 aliphatic rings. The summed E-state index contributed by atoms with van der Waals surface area (Å²) in [7, 11) is -0.492. The molecule has 0 bridgehead atoms. The van der Waals surface area contributed by atoms with Crippen LogP contribution in [0.2, 0.25) is 0 Å². The number of benzene rings is 2. The Balaban J connectivity index is 1.82. The van der Waals surface area contributed by atoms with Crippen molar-refractivity contribution in [1.82, 2.24) is 9.21 Å². The van der Waals surface area contributed by atoms with Gasteiger partial charge in [-0.05, 0) is 16.8 Å². The molecule has 1 amide bonds. The number of rotatable bonds is 4. The van der Waals surface area contributed by atoms with Gasteiger partial charge in [0.1, 0.15) is 0 Å². The Kier molecular flexibility index (Phi) is 4.81. The number of hydrogen-bond donors (Lipinski definition) is 1. The van der Waals surface area contributed by atoms with Crippen molar-refractivity contribution >= 4 is 26.7 Å². The zero-order chi connectivity index (χ0) is 18.2. The van der Waals surface area contributed by atoms with E-state index in [4.69, 9.17) is 0 Å². The predicted octanol–water partition coefficient (Wildman–Crippen LogP) is 1.16. The van der Waals surface area contributed by atoms with Crippen LogP contribution in [0.5, 0.6) is 0 Å². The molecule has 3 rings (SSSR count). The van der Waals surface area contributed by atoms with Crippen molar-refractivity contribution in [3.05, 3.63) is 48.0 Å². The number of carbonyl (C=O) groups is 1. The summed E-state index contributed by atoms with van der Waals surface area (Å²) in [4.78, 5) is 14.5. The van der Waals surface area contributed by atoms with Gasteiger partial charge in [0.05, 0.1) is 11.9 Å². The third-order valence-electron chi connectivity index (χ3n) is 4.69. The molecule has 6 nitrogen and oxygen atoms in total. The molecule has 1 aliphatic heterocycles. The molecule has 0 aromatic heterocycles. The Bertz CT molecular complexity index is 890. The van der Waals surface area contributed by atoms with Gasteiger partial charge < -0.3 is 10.0 Å². The predicted molar refractivity (Wildman–Crippen MR) is 96.8 cm³/mol. The van der Waals surface area contributed by atoms with Crippen molar-refractivity contribution in [2.24, 2.45) is 5.92 Å². The first-order valence-electron chi connectivity index (χ1n) is 8.15. The second-order valence-electron chi connectivity index (χ2n) is 6.63. The van der Waals surface area contributed by atoms with Crippen LogP contribution < -0.4 is 0 Å². The van der Waals surface area contributed by atoms with E-state index in [0.29, 0.717) is 5.56 Å². The van der Waals surface area contributed by atoms with Crippen LogP contribution in [0.4, 0.5) is 0 Å². The van der Waals surface area contributed by atoms with Gasteiger partial charge in [-0.25, -0.2) is 12.7 Å². The molecule has 0 spiro atoms. The van der Waals surface area contributed by atoms with E-state index in [1.165, 1.54) is 14.1 Å². The molecule has 2 aromatic rings. The van der Waals surface area contributed by atoms with Gasteiger partial charge in [0.25, 0.3) is 5.91 Å². The van der Waals surface area contributed by atoms with Crippen LogP contribution in [0.1, 0.15) is 10.4 Å². The molecule has 25 heavy (non-hydrogen) atoms. The zero-order valence-electron chi connectivity index (χ0n) is 14.3. The maximum Gasteiger partial charge on any atom is 0.254 e. The van der Waals surface area contributed by atoms with Crippen molar-refractivity contribution in [2.75, 3.05) is 32.9 Å². The minimum Gasteiger partial charge on any atom is -0.391 e. The number of amides is 1. The van der Waals surface area contributed by atoms with Crippen LogP contribution in [0.25, 0.3) is 10.8 Å². The molecule has 7 heteroatoms. The highest BCUT2D eigenvalue weighted by molar-refractivity contribution is 7.89. The number of nitrogens with zero attached hydrogens (tertiary/aromatic N) is 2. The third-order valence-corrected chi connectivity index (χ3v) is 6.66. The number of sulfonamides is 1. The summed E-state index contributed by atoms with van der Waals surface area (Å²) >= 11 is 0. The first-order valence-corrected chi connectivity index (χ1v) is 9.76. The number of β-amino-alcohol motifs (C(OH)–C–C–N with tert-alkyl or cyclic N) is 1. The van der Waals surface area contributed by atoms with Crippen LogP contribution in [-0.2, 0) is 10.0 Å². The number of fused-ring (bicyclic) bond motifs is 1. The third kappa shape index (κ3) is 3.53. The molecule has 2 aromatic carbocycles. The van der Waals surface area contributed by atoms with Gasteiger partial charge in [0.2, 0.25) is 10.0 Å². The zero-order valence-corrected chi connectivity index (χ0v) is 15.1. The summed E-state index contributed by atoms with van der Waals surface area (Å²) < 4.78 is 25.3. The minimum atomic E-state index is -3.43. The van der Waals surface area contributed by atoms with Crippen molar-refractivity contribution < 1.29 is 18.3 Å². The summed E-state index contributed by atoms with van der Waals surface area (Å²) in [5.74, 6) is -0.826. The summed E-state index contributed by atoms with van der Waals surface area (Å²) in [6.45, 7) is 0.381. The van der Waals surface area contributed by atoms with Crippen molar-refractivity contribution in [3.8, 4) is 0 Å². The molecule has 0 saturated carbocycles. The second kappa shape index (κ2) is 6.74. The van der Waals surface area contributed by atoms with Crippen molar-refractivity contribution in [3.63, 3.8) is 0 Å². The first kappa shape index (κ1) is 17.8. The highest BCUT2D eigenvalue weighted by Crippen LogP contribution is 2.25. The van der Waals surface area contributed by atoms with Gasteiger partial charge in [-0.1, -0.05) is 36.4 Å². The number of aliphatic hydroxyl groups excluding tert-OH is 1. The Morgan fingerprint density at radius 1 is 1.16 bits per heavy atom. The number of likely N-dealkylation sites (tertiary alicyclic amines) is 1. The fourth-order valence-electron chi connectivity index (χ4n) is 3.19. The summed E-state index contributed by atoms with van der Waals surface area (Å²) in [5.41, 5.74) is 0.571. The van der Waals surface area contributed by atoms with E-state index >= 15 is 0 Å². The second-order valence-corrected chi connectivity index (χ2v) is 8.85. The average molecular weight is 362 g/mol. The lowest BCUT2D eigenvalue weighted by Gasteiger charge is -2.18. The van der Waals surface area contributed by atoms with Crippen molar-refractivity contribution in [1.29, 1.82) is 0 Å². The maximum atomic E-state index is 12.9. The van der Waals surface area contributed by atoms with Gasteiger partial charge in [0, 0.05) is 38.7 Å². The van der Waals surface area contributed by atoms with E-state index in [9.17, 15) is 18.3 Å². The van der Waals surface area contributed by atoms with Gasteiger partial charge in [-0.2, -0.15) is 0 Å². The quantitative estimate of drug-likeness (QED) is 0.885. The molecule has 0 radical (unpaired) electrons. The molecular formula is C18H22N2O4S. The Morgan fingerprint density at radius 2 is 1.84 bits per heavy atom. The average Bonchev–Trinajstić information content (AvgIpc) is 2.93. The molecular weight excluding hydrogens is 340 g/mol. The fourth-order valence-corrected chi connectivity index (χ4v) is 4.35. The Labute approximate surface area is 147 Å². The summed E-state index contributed by atoms with van der Waals surface area (Å²) in [6, 6.07) is 13.2. The largest absolute Gasteiger partial charge is 0.391 e. The van der Waals surface area contributed by atoms with Crippen LogP contribution >= 0.6 is 0 Å². The Morgan fingerprint density at radius 3 is 2.56 bits per heavy atom. The topological polar surface area (TPSA) is 77.9 Å². The van der Waals surface area contributed by atoms with E-state index in [0.717, 1.165) is 15.1 Å². The minimum absolute atomic E-state index is 0.148. The molecule has 1 fully saturated rings. The lowest BCUT2D eigenvalue weighted by molar-refractivity contribution is 0.0766. The first-order chi connectivity index (χ1) is 11.8. The molecule has 2 atom stereocenters. The van der Waals surface area contributed by atoms with Crippen molar-refractivity contribution in [2.45, 2.75) is 6.10 Å². The van der Waals surface area contributed by atoms with Gasteiger partial charge in [-0.15, -0.1) is 0 Å². The van der Waals surface area contributed by atoms with Crippen LogP contribution in [-0.4, -0.2) is 67.7 Å². The van der Waals surface area contributed by atoms with Crippen LogP contribution in [0.3, 0.4) is 0 Å². The summed E-state index contributed by atoms with van der Waals surface area (Å²) in [6.07, 6.45) is -0.839. The SMILES string of the molecule is CN(C)S(=O)(=O)C[C@@H]1CN(C(=O)c2cccc3ccccc23)C[C@H]1O. The molecule has 0 unspecified atom stereocenters. The number of hydrogen-bond acceptors (Lipinski definition) is 4. The highest BCUT2D eigenvalue weighted by Gasteiger charge is 2.37. The Hall–Kier alpha value is -1.96. The maximum absolute atomic E-state index is 12.9. The fraction of sp³-hybridized carbons (Fsp3) is 0.389.